The molecule has 1 aromatic heterocycles. The molecule has 6 nitrogen and oxygen atoms in total. The number of amides is 1. The minimum absolute atomic E-state index is 0.00303. The van der Waals surface area contributed by atoms with Crippen molar-refractivity contribution in [1.29, 1.82) is 0 Å². The Morgan fingerprint density at radius 3 is 2.62 bits per heavy atom. The molecule has 1 aliphatic heterocycles. The van der Waals surface area contributed by atoms with E-state index in [1.165, 1.54) is 0 Å². The number of hydrogen-bond acceptors (Lipinski definition) is 5. The van der Waals surface area contributed by atoms with Gasteiger partial charge in [0, 0.05) is 48.9 Å². The van der Waals surface area contributed by atoms with Gasteiger partial charge < -0.3 is 11.5 Å². The van der Waals surface area contributed by atoms with Crippen LogP contribution in [0.4, 0.5) is 13.2 Å². The maximum Gasteiger partial charge on any atom is 0.225 e. The van der Waals surface area contributed by atoms with Gasteiger partial charge in [-0.05, 0) is 30.9 Å². The highest BCUT2D eigenvalue weighted by molar-refractivity contribution is 5.75. The molecule has 4 rings (SSSR count). The van der Waals surface area contributed by atoms with E-state index in [-0.39, 0.29) is 30.0 Å². The van der Waals surface area contributed by atoms with E-state index >= 15 is 0 Å². The molecule has 1 saturated carbocycles. The van der Waals surface area contributed by atoms with Crippen LogP contribution in [-0.4, -0.2) is 32.9 Å². The van der Waals surface area contributed by atoms with Gasteiger partial charge in [-0.2, -0.15) is 0 Å². The summed E-state index contributed by atoms with van der Waals surface area (Å²) in [7, 11) is 0. The molecule has 3 atom stereocenters. The second kappa shape index (κ2) is 7.72. The number of aromatic nitrogens is 2. The molecule has 29 heavy (non-hydrogen) atoms. The van der Waals surface area contributed by atoms with Gasteiger partial charge in [0.1, 0.15) is 11.6 Å². The molecule has 0 unspecified atom stereocenters. The highest BCUT2D eigenvalue weighted by Gasteiger charge is 2.36. The molecule has 2 aromatic rings. The number of nitrogens with zero attached hydrogens (tertiary/aromatic N) is 3. The van der Waals surface area contributed by atoms with Gasteiger partial charge in [0.2, 0.25) is 5.91 Å². The number of rotatable bonds is 4. The van der Waals surface area contributed by atoms with E-state index in [9.17, 15) is 18.0 Å². The molecule has 1 amide bonds. The molecule has 1 aliphatic carbocycles. The second-order valence-electron chi connectivity index (χ2n) is 7.83. The van der Waals surface area contributed by atoms with Gasteiger partial charge in [0.05, 0.1) is 12.1 Å². The van der Waals surface area contributed by atoms with Gasteiger partial charge in [-0.25, -0.2) is 23.1 Å². The van der Waals surface area contributed by atoms with Crippen molar-refractivity contribution in [1.82, 2.24) is 14.9 Å². The number of nitrogens with two attached hydrogens (primary N) is 2. The highest BCUT2D eigenvalue weighted by atomic mass is 19.2. The smallest absolute Gasteiger partial charge is 0.225 e. The zero-order chi connectivity index (χ0) is 20.7. The van der Waals surface area contributed by atoms with Gasteiger partial charge >= 0.3 is 0 Å². The largest absolute Gasteiger partial charge is 0.369 e. The molecule has 2 heterocycles. The minimum Gasteiger partial charge on any atom is -0.369 e. The molecule has 0 bridgehead atoms. The number of carbonyl (C=O) groups excluding carboxylic acids is 1. The second-order valence-corrected chi connectivity index (χ2v) is 7.83. The summed E-state index contributed by atoms with van der Waals surface area (Å²) < 4.78 is 41.0. The molecule has 1 fully saturated rings. The van der Waals surface area contributed by atoms with Gasteiger partial charge in [0.15, 0.2) is 11.6 Å². The molecule has 0 spiro atoms. The Kier molecular flexibility index (Phi) is 5.26. The average molecular weight is 405 g/mol. The molecular weight excluding hydrogens is 383 g/mol. The Labute approximate surface area is 166 Å². The third kappa shape index (κ3) is 3.97. The maximum atomic E-state index is 14.2. The van der Waals surface area contributed by atoms with E-state index in [0.29, 0.717) is 37.8 Å². The lowest BCUT2D eigenvalue weighted by Crippen LogP contribution is -2.44. The van der Waals surface area contributed by atoms with Crippen LogP contribution in [0.25, 0.3) is 0 Å². The van der Waals surface area contributed by atoms with E-state index in [4.69, 9.17) is 11.5 Å². The number of hydrogen-bond donors (Lipinski definition) is 2. The molecule has 0 saturated heterocycles. The number of benzene rings is 1. The Bertz CT molecular complexity index is 954. The lowest BCUT2D eigenvalue weighted by atomic mass is 9.77. The fraction of sp³-hybridized carbons (Fsp3) is 0.450. The molecule has 9 heteroatoms. The molecule has 0 radical (unpaired) electrons. The van der Waals surface area contributed by atoms with Crippen molar-refractivity contribution in [3.8, 4) is 0 Å². The lowest BCUT2D eigenvalue weighted by Gasteiger charge is -2.38. The number of fused-ring (bicyclic) bond motifs is 1. The fourth-order valence-electron chi connectivity index (χ4n) is 4.44. The van der Waals surface area contributed by atoms with Gasteiger partial charge in [-0.3, -0.25) is 9.69 Å². The third-order valence-corrected chi connectivity index (χ3v) is 5.89. The van der Waals surface area contributed by atoms with Crippen LogP contribution in [-0.2, 0) is 24.3 Å². The predicted molar refractivity (Wildman–Crippen MR) is 98.8 cm³/mol. The Morgan fingerprint density at radius 2 is 1.90 bits per heavy atom. The van der Waals surface area contributed by atoms with Crippen molar-refractivity contribution >= 4 is 5.91 Å². The fourth-order valence-corrected chi connectivity index (χ4v) is 4.44. The van der Waals surface area contributed by atoms with Gasteiger partial charge in [-0.1, -0.05) is 0 Å². The molecular formula is C20H22F3N5O. The van der Waals surface area contributed by atoms with E-state index < -0.39 is 23.4 Å². The summed E-state index contributed by atoms with van der Waals surface area (Å²) in [4.78, 5) is 21.9. The van der Waals surface area contributed by atoms with Crippen molar-refractivity contribution in [3.63, 3.8) is 0 Å². The van der Waals surface area contributed by atoms with Crippen LogP contribution in [0.1, 0.15) is 47.8 Å². The van der Waals surface area contributed by atoms with Crippen LogP contribution in [0.2, 0.25) is 0 Å². The van der Waals surface area contributed by atoms with E-state index in [2.05, 4.69) is 14.9 Å². The van der Waals surface area contributed by atoms with Crippen molar-refractivity contribution < 1.29 is 18.0 Å². The number of primary amides is 1. The van der Waals surface area contributed by atoms with Crippen molar-refractivity contribution in [2.24, 2.45) is 11.5 Å². The SMILES string of the molecule is NC(=O)Cc1ncc2c(n1)CN([C@H]1CC[C@H](c3cc(F)c(F)cc3F)[C@@H](N)C1)C2. The summed E-state index contributed by atoms with van der Waals surface area (Å²) in [6.45, 7) is 1.29. The summed E-state index contributed by atoms with van der Waals surface area (Å²) in [5.41, 5.74) is 13.5. The summed E-state index contributed by atoms with van der Waals surface area (Å²) in [5, 5.41) is 0. The van der Waals surface area contributed by atoms with Crippen molar-refractivity contribution in [2.75, 3.05) is 0 Å². The zero-order valence-corrected chi connectivity index (χ0v) is 15.7. The zero-order valence-electron chi connectivity index (χ0n) is 15.7. The number of halogens is 3. The first-order valence-corrected chi connectivity index (χ1v) is 9.58. The van der Waals surface area contributed by atoms with E-state index in [0.717, 1.165) is 23.7 Å². The monoisotopic (exact) mass is 405 g/mol. The first-order chi connectivity index (χ1) is 13.8. The molecule has 2 aliphatic rings. The summed E-state index contributed by atoms with van der Waals surface area (Å²) >= 11 is 0. The lowest BCUT2D eigenvalue weighted by molar-refractivity contribution is -0.117. The molecule has 4 N–H and O–H groups in total. The van der Waals surface area contributed by atoms with Crippen molar-refractivity contribution in [2.45, 2.75) is 56.8 Å². The van der Waals surface area contributed by atoms with E-state index in [1.54, 1.807) is 6.20 Å². The van der Waals surface area contributed by atoms with Crippen LogP contribution in [0.3, 0.4) is 0 Å². The molecule has 1 aromatic carbocycles. The Balaban J connectivity index is 1.44. The topological polar surface area (TPSA) is 98.1 Å². The Hall–Kier alpha value is -2.52. The standard InChI is InChI=1S/C20H22F3N5O/c21-14-5-16(23)15(22)4-13(14)12-2-1-11(3-17(12)24)28-8-10-7-26-20(6-19(25)29)27-18(10)9-28/h4-5,7,11-12,17H,1-3,6,8-9,24H2,(H2,25,29)/t11-,12+,17-/m0/s1. The third-order valence-electron chi connectivity index (χ3n) is 5.89. The molecule has 154 valence electrons. The van der Waals surface area contributed by atoms with Gasteiger partial charge in [-0.15, -0.1) is 0 Å². The van der Waals surface area contributed by atoms with Crippen LogP contribution < -0.4 is 11.5 Å². The van der Waals surface area contributed by atoms with Crippen LogP contribution in [0, 0.1) is 17.5 Å². The van der Waals surface area contributed by atoms with E-state index in [1.807, 2.05) is 0 Å². The predicted octanol–water partition coefficient (Wildman–Crippen LogP) is 1.90. The highest BCUT2D eigenvalue weighted by Crippen LogP contribution is 2.38. The van der Waals surface area contributed by atoms with Crippen LogP contribution in [0.5, 0.6) is 0 Å². The summed E-state index contributed by atoms with van der Waals surface area (Å²) in [5.74, 6) is -3.43. The number of carbonyl (C=O) groups is 1. The first kappa shape index (κ1) is 19.8. The van der Waals surface area contributed by atoms with Crippen molar-refractivity contribution in [3.05, 3.63) is 58.4 Å². The quantitative estimate of drug-likeness (QED) is 0.757. The van der Waals surface area contributed by atoms with Crippen LogP contribution >= 0.6 is 0 Å². The Morgan fingerprint density at radius 1 is 1.14 bits per heavy atom. The normalized spacial score (nSPS) is 24.5. The minimum atomic E-state index is -1.19. The van der Waals surface area contributed by atoms with Crippen LogP contribution in [0.15, 0.2) is 18.3 Å². The average Bonchev–Trinajstić information content (AvgIpc) is 3.08. The summed E-state index contributed by atoms with van der Waals surface area (Å²) in [6.07, 6.45) is 3.68. The van der Waals surface area contributed by atoms with Gasteiger partial charge in [0.25, 0.3) is 0 Å². The maximum absolute atomic E-state index is 14.2. The summed E-state index contributed by atoms with van der Waals surface area (Å²) in [6, 6.07) is 1.32. The first-order valence-electron chi connectivity index (χ1n) is 9.58.